The Hall–Kier alpha value is -1.85. The highest BCUT2D eigenvalue weighted by atomic mass is 19.4. The minimum Gasteiger partial charge on any atom is -0.321 e. The van der Waals surface area contributed by atoms with E-state index in [0.29, 0.717) is 6.07 Å². The third kappa shape index (κ3) is 1.78. The quantitative estimate of drug-likeness (QED) is 0.694. The molecule has 1 aromatic carbocycles. The van der Waals surface area contributed by atoms with Crippen LogP contribution in [-0.2, 0) is 6.18 Å². The van der Waals surface area contributed by atoms with E-state index in [1.165, 1.54) is 0 Å². The molecule has 0 fully saturated rings. The van der Waals surface area contributed by atoms with Crippen LogP contribution in [0.4, 0.5) is 17.6 Å². The van der Waals surface area contributed by atoms with Gasteiger partial charge in [0.2, 0.25) is 5.56 Å². The van der Waals surface area contributed by atoms with Crippen molar-refractivity contribution in [3.63, 3.8) is 0 Å². The monoisotopic (exact) mass is 231 g/mol. The Morgan fingerprint density at radius 1 is 1.12 bits per heavy atom. The first kappa shape index (κ1) is 10.7. The third-order valence-corrected chi connectivity index (χ3v) is 2.10. The maximum absolute atomic E-state index is 12.9. The molecule has 0 spiro atoms. The molecule has 0 radical (unpaired) electrons. The highest BCUT2D eigenvalue weighted by molar-refractivity contribution is 5.82. The first-order valence-electron chi connectivity index (χ1n) is 4.28. The number of pyridine rings is 1. The van der Waals surface area contributed by atoms with Gasteiger partial charge in [0.05, 0.1) is 11.1 Å². The van der Waals surface area contributed by atoms with Crippen LogP contribution in [0.3, 0.4) is 0 Å². The van der Waals surface area contributed by atoms with Gasteiger partial charge in [-0.3, -0.25) is 4.79 Å². The van der Waals surface area contributed by atoms with Gasteiger partial charge in [0, 0.05) is 11.5 Å². The number of benzene rings is 1. The van der Waals surface area contributed by atoms with Crippen LogP contribution in [0.5, 0.6) is 0 Å². The summed E-state index contributed by atoms with van der Waals surface area (Å²) in [6.45, 7) is 0. The van der Waals surface area contributed by atoms with E-state index in [2.05, 4.69) is 0 Å². The average molecular weight is 231 g/mol. The predicted molar refractivity (Wildman–Crippen MR) is 49.5 cm³/mol. The summed E-state index contributed by atoms with van der Waals surface area (Å²) in [5, 5.41) is 0.00641. The van der Waals surface area contributed by atoms with E-state index in [-0.39, 0.29) is 5.39 Å². The predicted octanol–water partition coefficient (Wildman–Crippen LogP) is 2.69. The van der Waals surface area contributed by atoms with Crippen LogP contribution in [0.25, 0.3) is 10.9 Å². The largest absolute Gasteiger partial charge is 0.418 e. The second-order valence-electron chi connectivity index (χ2n) is 3.24. The molecule has 0 aliphatic rings. The first-order chi connectivity index (χ1) is 7.38. The van der Waals surface area contributed by atoms with E-state index in [9.17, 15) is 22.4 Å². The van der Waals surface area contributed by atoms with Crippen molar-refractivity contribution in [1.29, 1.82) is 0 Å². The second-order valence-corrected chi connectivity index (χ2v) is 3.24. The summed E-state index contributed by atoms with van der Waals surface area (Å²) < 4.78 is 50.6. The molecule has 0 amide bonds. The fraction of sp³-hybridized carbons (Fsp3) is 0.100. The molecule has 1 N–H and O–H groups in total. The van der Waals surface area contributed by atoms with Crippen LogP contribution >= 0.6 is 0 Å². The lowest BCUT2D eigenvalue weighted by atomic mass is 10.1. The van der Waals surface area contributed by atoms with Gasteiger partial charge in [-0.2, -0.15) is 13.2 Å². The number of hydrogen-bond donors (Lipinski definition) is 1. The van der Waals surface area contributed by atoms with Crippen molar-refractivity contribution in [2.45, 2.75) is 6.18 Å². The number of fused-ring (bicyclic) bond motifs is 1. The van der Waals surface area contributed by atoms with Crippen LogP contribution in [0.2, 0.25) is 0 Å². The van der Waals surface area contributed by atoms with Gasteiger partial charge in [-0.15, -0.1) is 0 Å². The molecule has 0 bridgehead atoms. The Morgan fingerprint density at radius 2 is 1.81 bits per heavy atom. The number of rotatable bonds is 0. The zero-order chi connectivity index (χ0) is 11.9. The van der Waals surface area contributed by atoms with Gasteiger partial charge >= 0.3 is 6.18 Å². The molecule has 2 nitrogen and oxygen atoms in total. The van der Waals surface area contributed by atoms with E-state index >= 15 is 0 Å². The third-order valence-electron chi connectivity index (χ3n) is 2.10. The number of aromatic amines is 1. The Kier molecular flexibility index (Phi) is 2.22. The minimum atomic E-state index is -4.70. The first-order valence-corrected chi connectivity index (χ1v) is 4.28. The average Bonchev–Trinajstić information content (AvgIpc) is 2.16. The lowest BCUT2D eigenvalue weighted by molar-refractivity contribution is -0.136. The molecule has 0 saturated carbocycles. The lowest BCUT2D eigenvalue weighted by Crippen LogP contribution is -2.11. The van der Waals surface area contributed by atoms with Crippen LogP contribution in [0.1, 0.15) is 5.56 Å². The molecule has 1 heterocycles. The van der Waals surface area contributed by atoms with Crippen LogP contribution in [0.15, 0.2) is 29.1 Å². The van der Waals surface area contributed by atoms with E-state index in [0.717, 1.165) is 18.2 Å². The zero-order valence-corrected chi connectivity index (χ0v) is 7.73. The molecule has 0 saturated heterocycles. The number of H-pyrrole nitrogens is 1. The Balaban J connectivity index is 2.91. The normalized spacial score (nSPS) is 12.0. The summed E-state index contributed by atoms with van der Waals surface area (Å²) in [6.07, 6.45) is -4.70. The number of aromatic nitrogens is 1. The minimum absolute atomic E-state index is 0.00641. The fourth-order valence-electron chi connectivity index (χ4n) is 1.45. The van der Waals surface area contributed by atoms with E-state index < -0.39 is 28.6 Å². The van der Waals surface area contributed by atoms with Crippen molar-refractivity contribution in [2.75, 3.05) is 0 Å². The molecule has 0 unspecified atom stereocenters. The molecule has 84 valence electrons. The number of halogens is 4. The molecule has 16 heavy (non-hydrogen) atoms. The number of nitrogens with one attached hydrogen (secondary N) is 1. The van der Waals surface area contributed by atoms with Crippen molar-refractivity contribution in [2.24, 2.45) is 0 Å². The SMILES string of the molecule is O=c1ccc2cc(F)cc(C(F)(F)F)c2[nH]1. The van der Waals surface area contributed by atoms with E-state index in [1.807, 2.05) is 4.98 Å². The summed E-state index contributed by atoms with van der Waals surface area (Å²) >= 11 is 0. The van der Waals surface area contributed by atoms with Gasteiger partial charge in [0.1, 0.15) is 5.82 Å². The van der Waals surface area contributed by atoms with Gasteiger partial charge in [0.15, 0.2) is 0 Å². The molecule has 0 aliphatic carbocycles. The smallest absolute Gasteiger partial charge is 0.321 e. The topological polar surface area (TPSA) is 32.9 Å². The molecular formula is C10H5F4NO. The van der Waals surface area contributed by atoms with Gasteiger partial charge in [-0.25, -0.2) is 4.39 Å². The van der Waals surface area contributed by atoms with Crippen molar-refractivity contribution in [3.8, 4) is 0 Å². The van der Waals surface area contributed by atoms with Crippen molar-refractivity contribution >= 4 is 10.9 Å². The maximum Gasteiger partial charge on any atom is 0.418 e. The van der Waals surface area contributed by atoms with Gasteiger partial charge in [0.25, 0.3) is 0 Å². The maximum atomic E-state index is 12.9. The molecule has 0 aliphatic heterocycles. The Bertz CT molecular complexity index is 600. The second kappa shape index (κ2) is 3.33. The number of alkyl halides is 3. The van der Waals surface area contributed by atoms with Crippen molar-refractivity contribution in [3.05, 3.63) is 46.0 Å². The summed E-state index contributed by atoms with van der Waals surface area (Å²) in [6, 6.07) is 3.48. The molecule has 0 atom stereocenters. The molecule has 2 aromatic rings. The Morgan fingerprint density at radius 3 is 2.44 bits per heavy atom. The summed E-state index contributed by atoms with van der Waals surface area (Å²) in [4.78, 5) is 13.0. The van der Waals surface area contributed by atoms with Crippen LogP contribution in [0, 0.1) is 5.82 Å². The van der Waals surface area contributed by atoms with Crippen molar-refractivity contribution < 1.29 is 17.6 Å². The zero-order valence-electron chi connectivity index (χ0n) is 7.73. The summed E-state index contributed by atoms with van der Waals surface area (Å²) in [5.41, 5.74) is -2.24. The molecule has 2 rings (SSSR count). The Labute approximate surface area is 86.5 Å². The van der Waals surface area contributed by atoms with Gasteiger partial charge < -0.3 is 4.98 Å². The highest BCUT2D eigenvalue weighted by Crippen LogP contribution is 2.33. The highest BCUT2D eigenvalue weighted by Gasteiger charge is 2.33. The van der Waals surface area contributed by atoms with Crippen LogP contribution in [-0.4, -0.2) is 4.98 Å². The molecule has 1 aromatic heterocycles. The van der Waals surface area contributed by atoms with E-state index in [4.69, 9.17) is 0 Å². The van der Waals surface area contributed by atoms with Crippen LogP contribution < -0.4 is 5.56 Å². The van der Waals surface area contributed by atoms with Gasteiger partial charge in [-0.05, 0) is 18.2 Å². The standard InChI is InChI=1S/C10H5F4NO/c11-6-3-5-1-2-8(16)15-9(5)7(4-6)10(12,13)14/h1-4H,(H,15,16). The molecular weight excluding hydrogens is 226 g/mol. The number of hydrogen-bond acceptors (Lipinski definition) is 1. The van der Waals surface area contributed by atoms with Crippen molar-refractivity contribution in [1.82, 2.24) is 4.98 Å². The summed E-state index contributed by atoms with van der Waals surface area (Å²) in [5.74, 6) is -0.994. The lowest BCUT2D eigenvalue weighted by Gasteiger charge is -2.09. The van der Waals surface area contributed by atoms with E-state index in [1.54, 1.807) is 0 Å². The van der Waals surface area contributed by atoms with Gasteiger partial charge in [-0.1, -0.05) is 0 Å². The fourth-order valence-corrected chi connectivity index (χ4v) is 1.45. The molecule has 6 heteroatoms. The summed E-state index contributed by atoms with van der Waals surface area (Å²) in [7, 11) is 0.